The number of para-hydroxylation sites is 1. The quantitative estimate of drug-likeness (QED) is 0.415. The molecule has 7 nitrogen and oxygen atoms in total. The molecule has 0 bridgehead atoms. The van der Waals surface area contributed by atoms with Crippen LogP contribution in [0.5, 0.6) is 11.5 Å². The SMILES string of the molecule is CCOc1ccc(C(=O)CCC(=O)OCC(=O)N(C)Cc2ccccc2OC)cc1. The van der Waals surface area contributed by atoms with E-state index in [2.05, 4.69) is 0 Å². The lowest BCUT2D eigenvalue weighted by Crippen LogP contribution is -2.31. The maximum Gasteiger partial charge on any atom is 0.306 e. The van der Waals surface area contributed by atoms with Crippen LogP contribution in [0.1, 0.15) is 35.7 Å². The zero-order valence-corrected chi connectivity index (χ0v) is 17.6. The Kier molecular flexibility index (Phi) is 8.87. The molecule has 1 amide bonds. The Balaban J connectivity index is 1.75. The molecule has 0 atom stereocenters. The van der Waals surface area contributed by atoms with Gasteiger partial charge in [-0.05, 0) is 37.3 Å². The molecular formula is C23H27NO6. The van der Waals surface area contributed by atoms with E-state index in [-0.39, 0.29) is 31.1 Å². The lowest BCUT2D eigenvalue weighted by atomic mass is 10.1. The second kappa shape index (κ2) is 11.6. The van der Waals surface area contributed by atoms with Gasteiger partial charge in [0.15, 0.2) is 12.4 Å². The molecule has 0 fully saturated rings. The number of likely N-dealkylation sites (N-methyl/N-ethyl adjacent to an activating group) is 1. The average Bonchev–Trinajstić information content (AvgIpc) is 2.76. The minimum absolute atomic E-state index is 0.0120. The summed E-state index contributed by atoms with van der Waals surface area (Å²) in [7, 11) is 3.19. The fraction of sp³-hybridized carbons (Fsp3) is 0.348. The van der Waals surface area contributed by atoms with Crippen LogP contribution in [0.3, 0.4) is 0 Å². The number of amides is 1. The van der Waals surface area contributed by atoms with Gasteiger partial charge in [0, 0.05) is 31.1 Å². The molecule has 2 aromatic carbocycles. The molecule has 0 aliphatic rings. The van der Waals surface area contributed by atoms with E-state index >= 15 is 0 Å². The monoisotopic (exact) mass is 413 g/mol. The number of benzene rings is 2. The first kappa shape index (κ1) is 22.9. The summed E-state index contributed by atoms with van der Waals surface area (Å²) in [6.07, 6.45) is -0.0758. The molecule has 0 spiro atoms. The first-order chi connectivity index (χ1) is 14.4. The van der Waals surface area contributed by atoms with Gasteiger partial charge in [0.2, 0.25) is 0 Å². The highest BCUT2D eigenvalue weighted by molar-refractivity contribution is 5.97. The normalized spacial score (nSPS) is 10.2. The van der Waals surface area contributed by atoms with Crippen LogP contribution in [0.2, 0.25) is 0 Å². The Bertz CT molecular complexity index is 862. The van der Waals surface area contributed by atoms with E-state index in [0.29, 0.717) is 30.2 Å². The lowest BCUT2D eigenvalue weighted by Gasteiger charge is -2.18. The largest absolute Gasteiger partial charge is 0.496 e. The summed E-state index contributed by atoms with van der Waals surface area (Å²) in [6.45, 7) is 2.38. The highest BCUT2D eigenvalue weighted by Gasteiger charge is 2.15. The van der Waals surface area contributed by atoms with Crippen LogP contribution in [0.25, 0.3) is 0 Å². The number of Topliss-reactive ketones (excluding diaryl/α,β-unsaturated/α-hetero) is 1. The van der Waals surface area contributed by atoms with Gasteiger partial charge in [-0.2, -0.15) is 0 Å². The van der Waals surface area contributed by atoms with Gasteiger partial charge < -0.3 is 19.1 Å². The number of hydrogen-bond donors (Lipinski definition) is 0. The van der Waals surface area contributed by atoms with Crippen molar-refractivity contribution in [2.75, 3.05) is 27.4 Å². The van der Waals surface area contributed by atoms with Gasteiger partial charge in [-0.25, -0.2) is 0 Å². The molecule has 0 aliphatic carbocycles. The molecule has 0 aliphatic heterocycles. The van der Waals surface area contributed by atoms with Crippen molar-refractivity contribution < 1.29 is 28.6 Å². The summed E-state index contributed by atoms with van der Waals surface area (Å²) in [5.41, 5.74) is 1.35. The smallest absolute Gasteiger partial charge is 0.306 e. The van der Waals surface area contributed by atoms with Gasteiger partial charge in [-0.15, -0.1) is 0 Å². The maximum atomic E-state index is 12.2. The highest BCUT2D eigenvalue weighted by Crippen LogP contribution is 2.19. The average molecular weight is 413 g/mol. The van der Waals surface area contributed by atoms with E-state index in [1.807, 2.05) is 31.2 Å². The molecule has 2 aromatic rings. The van der Waals surface area contributed by atoms with Gasteiger partial charge in [0.25, 0.3) is 5.91 Å². The van der Waals surface area contributed by atoms with Crippen LogP contribution in [-0.4, -0.2) is 49.9 Å². The number of ketones is 1. The van der Waals surface area contributed by atoms with Crippen molar-refractivity contribution in [2.24, 2.45) is 0 Å². The third-order valence-corrected chi connectivity index (χ3v) is 4.43. The molecule has 0 radical (unpaired) electrons. The van der Waals surface area contributed by atoms with Crippen molar-refractivity contribution in [1.29, 1.82) is 0 Å². The summed E-state index contributed by atoms with van der Waals surface area (Å²) in [5, 5.41) is 0. The lowest BCUT2D eigenvalue weighted by molar-refractivity contribution is -0.151. The second-order valence-corrected chi connectivity index (χ2v) is 6.60. The number of methoxy groups -OCH3 is 1. The fourth-order valence-electron chi connectivity index (χ4n) is 2.77. The third-order valence-electron chi connectivity index (χ3n) is 4.43. The number of ether oxygens (including phenoxy) is 3. The third kappa shape index (κ3) is 6.92. The van der Waals surface area contributed by atoms with Crippen LogP contribution in [-0.2, 0) is 20.9 Å². The standard InChI is InChI=1S/C23H27NO6/c1-4-29-19-11-9-17(10-12-19)20(25)13-14-23(27)30-16-22(26)24(2)15-18-7-5-6-8-21(18)28-3/h5-12H,4,13-16H2,1-3H3. The van der Waals surface area contributed by atoms with Crippen molar-refractivity contribution in [2.45, 2.75) is 26.3 Å². The van der Waals surface area contributed by atoms with Crippen LogP contribution < -0.4 is 9.47 Å². The van der Waals surface area contributed by atoms with Crippen molar-refractivity contribution in [1.82, 2.24) is 4.90 Å². The minimum atomic E-state index is -0.590. The number of rotatable bonds is 11. The molecule has 7 heteroatoms. The molecule has 0 unspecified atom stereocenters. The van der Waals surface area contributed by atoms with Crippen LogP contribution >= 0.6 is 0 Å². The molecule has 0 saturated heterocycles. The molecule has 30 heavy (non-hydrogen) atoms. The van der Waals surface area contributed by atoms with Crippen molar-refractivity contribution in [3.05, 3.63) is 59.7 Å². The molecule has 160 valence electrons. The van der Waals surface area contributed by atoms with E-state index in [1.54, 1.807) is 38.4 Å². The number of carbonyl (C=O) groups excluding carboxylic acids is 3. The molecule has 2 rings (SSSR count). The summed E-state index contributed by atoms with van der Waals surface area (Å²) in [4.78, 5) is 37.8. The van der Waals surface area contributed by atoms with Crippen LogP contribution in [0, 0.1) is 0 Å². The summed E-state index contributed by atoms with van der Waals surface area (Å²) < 4.78 is 15.6. The van der Waals surface area contributed by atoms with Gasteiger partial charge >= 0.3 is 5.97 Å². The van der Waals surface area contributed by atoms with E-state index in [1.165, 1.54) is 4.90 Å². The van der Waals surface area contributed by atoms with E-state index in [9.17, 15) is 14.4 Å². The van der Waals surface area contributed by atoms with Gasteiger partial charge in [0.05, 0.1) is 20.1 Å². The Morgan fingerprint density at radius 3 is 2.33 bits per heavy atom. The minimum Gasteiger partial charge on any atom is -0.496 e. The summed E-state index contributed by atoms with van der Waals surface area (Å²) in [5.74, 6) is 0.265. The van der Waals surface area contributed by atoms with E-state index in [4.69, 9.17) is 14.2 Å². The molecule has 0 N–H and O–H groups in total. The Morgan fingerprint density at radius 1 is 0.967 bits per heavy atom. The van der Waals surface area contributed by atoms with E-state index in [0.717, 1.165) is 5.56 Å². The predicted molar refractivity (Wildman–Crippen MR) is 112 cm³/mol. The van der Waals surface area contributed by atoms with Gasteiger partial charge in [-0.1, -0.05) is 18.2 Å². The van der Waals surface area contributed by atoms with Crippen molar-refractivity contribution >= 4 is 17.7 Å². The zero-order chi connectivity index (χ0) is 21.9. The van der Waals surface area contributed by atoms with Crippen LogP contribution in [0.4, 0.5) is 0 Å². The second-order valence-electron chi connectivity index (χ2n) is 6.60. The van der Waals surface area contributed by atoms with E-state index < -0.39 is 5.97 Å². The van der Waals surface area contributed by atoms with Crippen molar-refractivity contribution in [3.8, 4) is 11.5 Å². The van der Waals surface area contributed by atoms with Gasteiger partial charge in [-0.3, -0.25) is 14.4 Å². The number of carbonyl (C=O) groups is 3. The predicted octanol–water partition coefficient (Wildman–Crippen LogP) is 3.26. The number of nitrogens with zero attached hydrogens (tertiary/aromatic N) is 1. The highest BCUT2D eigenvalue weighted by atomic mass is 16.5. The Morgan fingerprint density at radius 2 is 1.67 bits per heavy atom. The molecular weight excluding hydrogens is 386 g/mol. The fourth-order valence-corrected chi connectivity index (χ4v) is 2.77. The summed E-state index contributed by atoms with van der Waals surface area (Å²) in [6, 6.07) is 14.1. The topological polar surface area (TPSA) is 82.1 Å². The molecule has 0 aromatic heterocycles. The maximum absolute atomic E-state index is 12.2. The number of hydrogen-bond acceptors (Lipinski definition) is 6. The first-order valence-electron chi connectivity index (χ1n) is 9.72. The molecule has 0 saturated carbocycles. The Hall–Kier alpha value is -3.35. The van der Waals surface area contributed by atoms with Gasteiger partial charge in [0.1, 0.15) is 11.5 Å². The zero-order valence-electron chi connectivity index (χ0n) is 17.6. The van der Waals surface area contributed by atoms with Crippen molar-refractivity contribution in [3.63, 3.8) is 0 Å². The molecule has 0 heterocycles. The number of esters is 1. The summed E-state index contributed by atoms with van der Waals surface area (Å²) >= 11 is 0. The Labute approximate surface area is 176 Å². The van der Waals surface area contributed by atoms with Crippen LogP contribution in [0.15, 0.2) is 48.5 Å². The first-order valence-corrected chi connectivity index (χ1v) is 9.72.